The number of esters is 3. The van der Waals surface area contributed by atoms with E-state index in [0.717, 1.165) is 38.5 Å². The van der Waals surface area contributed by atoms with Crippen LogP contribution in [-0.2, 0) is 47.7 Å². The Kier molecular flexibility index (Phi) is 28.1. The lowest BCUT2D eigenvalue weighted by molar-refractivity contribution is -0.164. The van der Waals surface area contributed by atoms with Gasteiger partial charge in [-0.25, -0.2) is 0 Å². The summed E-state index contributed by atoms with van der Waals surface area (Å²) in [6.45, 7) is 5.72. The lowest BCUT2D eigenvalue weighted by atomic mass is 9.94. The second-order valence-corrected chi connectivity index (χ2v) is 11.7. The largest absolute Gasteiger partial charge is 0.464 e. The average Bonchev–Trinajstić information content (AvgIpc) is 2.99. The third-order valence-corrected chi connectivity index (χ3v) is 7.26. The van der Waals surface area contributed by atoms with E-state index in [1.54, 1.807) is 0 Å². The highest BCUT2D eigenvalue weighted by Crippen LogP contribution is 2.19. The van der Waals surface area contributed by atoms with Crippen molar-refractivity contribution in [2.24, 2.45) is 11.8 Å². The summed E-state index contributed by atoms with van der Waals surface area (Å²) >= 11 is 0. The first-order valence-electron chi connectivity index (χ1n) is 16.6. The molecular formula is C34H58O10. The van der Waals surface area contributed by atoms with Gasteiger partial charge in [0.1, 0.15) is 13.2 Å². The molecule has 0 amide bonds. The van der Waals surface area contributed by atoms with E-state index in [1.807, 2.05) is 13.8 Å². The van der Waals surface area contributed by atoms with Gasteiger partial charge in [-0.3, -0.25) is 24.0 Å². The molecule has 0 spiro atoms. The molecular weight excluding hydrogens is 568 g/mol. The first-order valence-corrected chi connectivity index (χ1v) is 16.6. The van der Waals surface area contributed by atoms with Crippen LogP contribution in [0.15, 0.2) is 12.2 Å². The van der Waals surface area contributed by atoms with Gasteiger partial charge in [0.2, 0.25) is 6.79 Å². The summed E-state index contributed by atoms with van der Waals surface area (Å²) in [5.41, 5.74) is 0. The van der Waals surface area contributed by atoms with Gasteiger partial charge in [-0.1, -0.05) is 84.3 Å². The van der Waals surface area contributed by atoms with Crippen LogP contribution in [0.1, 0.15) is 136 Å². The molecule has 44 heavy (non-hydrogen) atoms. The van der Waals surface area contributed by atoms with E-state index in [4.69, 9.17) is 18.9 Å². The van der Waals surface area contributed by atoms with E-state index in [1.165, 1.54) is 44.9 Å². The van der Waals surface area contributed by atoms with Gasteiger partial charge in [-0.2, -0.15) is 0 Å². The molecule has 0 aromatic carbocycles. The van der Waals surface area contributed by atoms with Gasteiger partial charge in [0.25, 0.3) is 12.9 Å². The lowest BCUT2D eigenvalue weighted by Crippen LogP contribution is -2.30. The van der Waals surface area contributed by atoms with Crippen LogP contribution in [0.3, 0.4) is 0 Å². The number of carbonyl (C=O) groups is 5. The van der Waals surface area contributed by atoms with Crippen molar-refractivity contribution < 1.29 is 47.7 Å². The summed E-state index contributed by atoms with van der Waals surface area (Å²) in [6.07, 6.45) is 21.0. The van der Waals surface area contributed by atoms with E-state index in [0.29, 0.717) is 19.3 Å². The molecule has 0 heterocycles. The molecule has 0 aromatic rings. The molecule has 0 fully saturated rings. The fourth-order valence-corrected chi connectivity index (χ4v) is 4.62. The number of allylic oxidation sites excluding steroid dienone is 2. The number of ether oxygens (including phenoxy) is 5. The Morgan fingerprint density at radius 2 is 1.16 bits per heavy atom. The van der Waals surface area contributed by atoms with Crippen LogP contribution in [0.5, 0.6) is 0 Å². The summed E-state index contributed by atoms with van der Waals surface area (Å²) in [5.74, 6) is -1.31. The third-order valence-electron chi connectivity index (χ3n) is 7.26. The van der Waals surface area contributed by atoms with Crippen LogP contribution < -0.4 is 0 Å². The monoisotopic (exact) mass is 626 g/mol. The number of carbonyl (C=O) groups excluding carboxylic acids is 5. The second-order valence-electron chi connectivity index (χ2n) is 11.7. The Morgan fingerprint density at radius 3 is 1.75 bits per heavy atom. The highest BCUT2D eigenvalue weighted by molar-refractivity contribution is 5.71. The van der Waals surface area contributed by atoms with E-state index in [9.17, 15) is 24.0 Å². The second kappa shape index (κ2) is 30.1. The Balaban J connectivity index is 4.05. The van der Waals surface area contributed by atoms with E-state index in [-0.39, 0.29) is 56.8 Å². The molecule has 0 aromatic heterocycles. The molecule has 0 saturated heterocycles. The minimum atomic E-state index is -0.875. The molecule has 254 valence electrons. The molecule has 0 aliphatic rings. The predicted molar refractivity (Wildman–Crippen MR) is 167 cm³/mol. The fourth-order valence-electron chi connectivity index (χ4n) is 4.62. The minimum Gasteiger partial charge on any atom is -0.464 e. The van der Waals surface area contributed by atoms with Gasteiger partial charge in [0, 0.05) is 19.3 Å². The molecule has 0 saturated carbocycles. The zero-order valence-electron chi connectivity index (χ0n) is 27.5. The standard InChI is InChI=1S/C34H58O10/c1-4-5-6-7-8-9-10-11-12-13-14-15-16-17-18-19-32(37)42-25-31(24-40-26-35)44-34(39)23-30(3)21-20-29(2)22-33(38)43-28-41-27-36/h11-12,26-27,29-31H,4-10,13-25,28H2,1-3H3/b12-11-. The summed E-state index contributed by atoms with van der Waals surface area (Å²) in [4.78, 5) is 57.0. The third kappa shape index (κ3) is 27.9. The Hall–Kier alpha value is -2.91. The quantitative estimate of drug-likeness (QED) is 0.0195. The SMILES string of the molecule is CCCCCCCC/C=C\CCCCCCCC(=O)OCC(COC=O)OC(=O)CC(C)CCC(C)CC(=O)OCOC=O. The first kappa shape index (κ1) is 41.1. The Labute approximate surface area is 264 Å². The van der Waals surface area contributed by atoms with Gasteiger partial charge < -0.3 is 23.7 Å². The maximum absolute atomic E-state index is 12.4. The molecule has 0 aliphatic carbocycles. The highest BCUT2D eigenvalue weighted by atomic mass is 16.7. The maximum atomic E-state index is 12.4. The molecule has 0 radical (unpaired) electrons. The van der Waals surface area contributed by atoms with E-state index >= 15 is 0 Å². The molecule has 0 aliphatic heterocycles. The van der Waals surface area contributed by atoms with Gasteiger partial charge in [0.15, 0.2) is 6.10 Å². The van der Waals surface area contributed by atoms with Crippen molar-refractivity contribution in [1.82, 2.24) is 0 Å². The van der Waals surface area contributed by atoms with E-state index < -0.39 is 24.8 Å². The fraction of sp³-hybridized carbons (Fsp3) is 0.794. The van der Waals surface area contributed by atoms with Crippen molar-refractivity contribution in [2.45, 2.75) is 142 Å². The van der Waals surface area contributed by atoms with Gasteiger partial charge in [-0.05, 0) is 56.8 Å². The smallest absolute Gasteiger partial charge is 0.308 e. The maximum Gasteiger partial charge on any atom is 0.308 e. The zero-order chi connectivity index (χ0) is 32.7. The number of hydrogen-bond acceptors (Lipinski definition) is 10. The predicted octanol–water partition coefficient (Wildman–Crippen LogP) is 7.16. The average molecular weight is 627 g/mol. The number of hydrogen-bond donors (Lipinski definition) is 0. The van der Waals surface area contributed by atoms with Crippen molar-refractivity contribution in [3.63, 3.8) is 0 Å². The van der Waals surface area contributed by atoms with Crippen LogP contribution in [0.4, 0.5) is 0 Å². The van der Waals surface area contributed by atoms with Crippen molar-refractivity contribution in [1.29, 1.82) is 0 Å². The molecule has 0 rings (SSSR count). The molecule has 0 N–H and O–H groups in total. The first-order chi connectivity index (χ1) is 21.3. The van der Waals surface area contributed by atoms with Crippen LogP contribution in [0.2, 0.25) is 0 Å². The topological polar surface area (TPSA) is 132 Å². The highest BCUT2D eigenvalue weighted by Gasteiger charge is 2.20. The van der Waals surface area contributed by atoms with Gasteiger partial charge in [0.05, 0.1) is 0 Å². The summed E-state index contributed by atoms with van der Waals surface area (Å²) in [6, 6.07) is 0. The lowest BCUT2D eigenvalue weighted by Gasteiger charge is -2.19. The van der Waals surface area contributed by atoms with Crippen molar-refractivity contribution in [3.8, 4) is 0 Å². The molecule has 3 unspecified atom stereocenters. The van der Waals surface area contributed by atoms with Crippen molar-refractivity contribution in [3.05, 3.63) is 12.2 Å². The van der Waals surface area contributed by atoms with Crippen molar-refractivity contribution in [2.75, 3.05) is 20.0 Å². The van der Waals surface area contributed by atoms with Gasteiger partial charge in [-0.15, -0.1) is 0 Å². The number of unbranched alkanes of at least 4 members (excludes halogenated alkanes) is 11. The van der Waals surface area contributed by atoms with Crippen LogP contribution >= 0.6 is 0 Å². The van der Waals surface area contributed by atoms with Crippen LogP contribution in [0, 0.1) is 11.8 Å². The minimum absolute atomic E-state index is 0.0179. The normalized spacial score (nSPS) is 13.1. The summed E-state index contributed by atoms with van der Waals surface area (Å²) in [5, 5.41) is 0. The Morgan fingerprint density at radius 1 is 0.614 bits per heavy atom. The van der Waals surface area contributed by atoms with Crippen molar-refractivity contribution >= 4 is 30.9 Å². The Bertz CT molecular complexity index is 782. The summed E-state index contributed by atoms with van der Waals surface area (Å²) in [7, 11) is 0. The van der Waals surface area contributed by atoms with Gasteiger partial charge >= 0.3 is 17.9 Å². The molecule has 10 nitrogen and oxygen atoms in total. The molecule has 3 atom stereocenters. The van der Waals surface area contributed by atoms with E-state index in [2.05, 4.69) is 23.8 Å². The molecule has 10 heteroatoms. The van der Waals surface area contributed by atoms with Crippen LogP contribution in [0.25, 0.3) is 0 Å². The molecule has 0 bridgehead atoms. The zero-order valence-corrected chi connectivity index (χ0v) is 27.5. The van der Waals surface area contributed by atoms with Crippen LogP contribution in [-0.4, -0.2) is 57.0 Å². The number of rotatable bonds is 31. The summed E-state index contributed by atoms with van der Waals surface area (Å²) < 4.78 is 24.5.